The Labute approximate surface area is 103 Å². The number of hydrogen-bond donors (Lipinski definition) is 1. The maximum absolute atomic E-state index is 5.47. The molecule has 0 saturated carbocycles. The van der Waals surface area contributed by atoms with Gasteiger partial charge >= 0.3 is 0 Å². The van der Waals surface area contributed by atoms with Crippen molar-refractivity contribution in [2.75, 3.05) is 25.6 Å². The molecule has 0 saturated heterocycles. The van der Waals surface area contributed by atoms with Crippen molar-refractivity contribution in [3.63, 3.8) is 0 Å². The molecule has 0 aromatic carbocycles. The zero-order valence-electron chi connectivity index (χ0n) is 8.38. The number of nitrogens with one attached hydrogen (secondary N) is 1. The van der Waals surface area contributed by atoms with E-state index in [-0.39, 0.29) is 0 Å². The second-order valence-corrected chi connectivity index (χ2v) is 4.24. The van der Waals surface area contributed by atoms with Gasteiger partial charge in [0.1, 0.15) is 0 Å². The Morgan fingerprint density at radius 1 is 1.40 bits per heavy atom. The van der Waals surface area contributed by atoms with Crippen molar-refractivity contribution in [1.29, 1.82) is 0 Å². The molecule has 0 fully saturated rings. The molecule has 84 valence electrons. The first-order chi connectivity index (χ1) is 7.33. The van der Waals surface area contributed by atoms with E-state index < -0.39 is 0 Å². The van der Waals surface area contributed by atoms with Gasteiger partial charge in [-0.25, -0.2) is 0 Å². The van der Waals surface area contributed by atoms with Crippen molar-refractivity contribution in [2.24, 2.45) is 0 Å². The van der Waals surface area contributed by atoms with Crippen LogP contribution in [0, 0.1) is 0 Å². The molecule has 0 aliphatic rings. The van der Waals surface area contributed by atoms with Crippen molar-refractivity contribution < 1.29 is 4.74 Å². The summed E-state index contributed by atoms with van der Waals surface area (Å²) in [5.41, 5.74) is 1.02. The van der Waals surface area contributed by atoms with Crippen LogP contribution >= 0.6 is 27.5 Å². The van der Waals surface area contributed by atoms with Gasteiger partial charge in [-0.2, -0.15) is 0 Å². The van der Waals surface area contributed by atoms with E-state index in [1.807, 2.05) is 12.1 Å². The Bertz CT molecular complexity index is 269. The van der Waals surface area contributed by atoms with E-state index in [1.165, 1.54) is 0 Å². The molecule has 3 nitrogen and oxygen atoms in total. The number of aromatic nitrogens is 1. The van der Waals surface area contributed by atoms with Crippen LogP contribution in [0.4, 0.5) is 0 Å². The third-order valence-electron chi connectivity index (χ3n) is 1.74. The number of alkyl halides is 1. The monoisotopic (exact) mass is 292 g/mol. The highest BCUT2D eigenvalue weighted by molar-refractivity contribution is 9.10. The van der Waals surface area contributed by atoms with Crippen molar-refractivity contribution in [3.05, 3.63) is 28.5 Å². The van der Waals surface area contributed by atoms with Crippen molar-refractivity contribution >= 4 is 27.5 Å². The molecule has 1 aromatic heterocycles. The van der Waals surface area contributed by atoms with E-state index >= 15 is 0 Å². The summed E-state index contributed by atoms with van der Waals surface area (Å²) in [5, 5.41) is 3.23. The zero-order chi connectivity index (χ0) is 10.9. The van der Waals surface area contributed by atoms with E-state index in [2.05, 4.69) is 26.2 Å². The lowest BCUT2D eigenvalue weighted by molar-refractivity contribution is 0.150. The van der Waals surface area contributed by atoms with Crippen LogP contribution in [0.1, 0.15) is 5.69 Å². The first kappa shape index (κ1) is 12.9. The van der Waals surface area contributed by atoms with Crippen LogP contribution in [-0.2, 0) is 11.3 Å². The Kier molecular flexibility index (Phi) is 6.92. The molecule has 1 heterocycles. The fourth-order valence-electron chi connectivity index (χ4n) is 1.03. The first-order valence-electron chi connectivity index (χ1n) is 4.78. The predicted molar refractivity (Wildman–Crippen MR) is 65.2 cm³/mol. The summed E-state index contributed by atoms with van der Waals surface area (Å²) < 4.78 is 6.21. The zero-order valence-corrected chi connectivity index (χ0v) is 10.7. The molecule has 0 unspecified atom stereocenters. The number of rotatable bonds is 7. The van der Waals surface area contributed by atoms with Gasteiger partial charge in [-0.1, -0.05) is 0 Å². The smallest absolute Gasteiger partial charge is 0.0602 e. The lowest BCUT2D eigenvalue weighted by Crippen LogP contribution is -2.20. The number of nitrogens with zero attached hydrogens (tertiary/aromatic N) is 1. The molecule has 0 aliphatic carbocycles. The highest BCUT2D eigenvalue weighted by atomic mass is 79.9. The molecule has 15 heavy (non-hydrogen) atoms. The molecular weight excluding hydrogens is 279 g/mol. The molecule has 1 aromatic rings. The Hall–Kier alpha value is -0.160. The van der Waals surface area contributed by atoms with Gasteiger partial charge in [0, 0.05) is 29.6 Å². The summed E-state index contributed by atoms with van der Waals surface area (Å²) in [7, 11) is 0. The maximum Gasteiger partial charge on any atom is 0.0602 e. The first-order valence-corrected chi connectivity index (χ1v) is 6.10. The van der Waals surface area contributed by atoms with Gasteiger partial charge in [0.05, 0.1) is 18.9 Å². The summed E-state index contributed by atoms with van der Waals surface area (Å²) in [5.74, 6) is 0.550. The number of ether oxygens (including phenoxy) is 1. The lowest BCUT2D eigenvalue weighted by atomic mass is 10.3. The van der Waals surface area contributed by atoms with Gasteiger partial charge in [0.2, 0.25) is 0 Å². The summed E-state index contributed by atoms with van der Waals surface area (Å²) in [6.45, 7) is 2.87. The van der Waals surface area contributed by atoms with E-state index in [1.54, 1.807) is 6.20 Å². The van der Waals surface area contributed by atoms with E-state index in [9.17, 15) is 0 Å². The largest absolute Gasteiger partial charge is 0.379 e. The Morgan fingerprint density at radius 3 is 2.93 bits per heavy atom. The summed E-state index contributed by atoms with van der Waals surface area (Å²) in [4.78, 5) is 4.24. The van der Waals surface area contributed by atoms with Crippen molar-refractivity contribution in [2.45, 2.75) is 6.54 Å². The number of pyridine rings is 1. The normalized spacial score (nSPS) is 10.5. The standard InChI is InChI=1S/C10H14BrClN2O/c11-9-1-2-10(14-7-9)8-13-4-6-15-5-3-12/h1-2,7,13H,3-6,8H2. The third-order valence-corrected chi connectivity index (χ3v) is 2.36. The summed E-state index contributed by atoms with van der Waals surface area (Å²) in [6, 6.07) is 3.96. The molecule has 0 bridgehead atoms. The topological polar surface area (TPSA) is 34.1 Å². The third kappa shape index (κ3) is 6.10. The average Bonchev–Trinajstić information content (AvgIpc) is 2.26. The lowest BCUT2D eigenvalue weighted by Gasteiger charge is -2.04. The number of hydrogen-bond acceptors (Lipinski definition) is 3. The van der Waals surface area contributed by atoms with E-state index in [0.717, 1.165) is 23.3 Å². The van der Waals surface area contributed by atoms with Crippen LogP contribution in [0.5, 0.6) is 0 Å². The fourth-order valence-corrected chi connectivity index (χ4v) is 1.37. The fraction of sp³-hybridized carbons (Fsp3) is 0.500. The summed E-state index contributed by atoms with van der Waals surface area (Å²) >= 11 is 8.81. The average molecular weight is 294 g/mol. The van der Waals surface area contributed by atoms with Crippen LogP contribution in [-0.4, -0.2) is 30.6 Å². The molecule has 1 rings (SSSR count). The highest BCUT2D eigenvalue weighted by Gasteiger charge is 1.94. The highest BCUT2D eigenvalue weighted by Crippen LogP contribution is 2.06. The van der Waals surface area contributed by atoms with Crippen LogP contribution in [0.25, 0.3) is 0 Å². The predicted octanol–water partition coefficient (Wildman–Crippen LogP) is 2.19. The quantitative estimate of drug-likeness (QED) is 0.618. The minimum Gasteiger partial charge on any atom is -0.379 e. The van der Waals surface area contributed by atoms with Crippen LogP contribution < -0.4 is 5.32 Å². The van der Waals surface area contributed by atoms with Crippen LogP contribution in [0.15, 0.2) is 22.8 Å². The molecule has 5 heteroatoms. The molecule has 0 atom stereocenters. The van der Waals surface area contributed by atoms with Crippen molar-refractivity contribution in [3.8, 4) is 0 Å². The van der Waals surface area contributed by atoms with Gasteiger partial charge in [-0.3, -0.25) is 4.98 Å². The maximum atomic E-state index is 5.47. The SMILES string of the molecule is ClCCOCCNCc1ccc(Br)cn1. The molecule has 1 N–H and O–H groups in total. The Morgan fingerprint density at radius 2 is 2.27 bits per heavy atom. The van der Waals surface area contributed by atoms with Crippen LogP contribution in [0.2, 0.25) is 0 Å². The Balaban J connectivity index is 2.07. The molecule has 0 spiro atoms. The second kappa shape index (κ2) is 8.05. The van der Waals surface area contributed by atoms with Gasteiger partial charge in [0.25, 0.3) is 0 Å². The van der Waals surface area contributed by atoms with E-state index in [4.69, 9.17) is 16.3 Å². The molecule has 0 amide bonds. The van der Waals surface area contributed by atoms with Gasteiger partial charge < -0.3 is 10.1 Å². The van der Waals surface area contributed by atoms with Gasteiger partial charge in [0.15, 0.2) is 0 Å². The minimum absolute atomic E-state index is 0.550. The van der Waals surface area contributed by atoms with E-state index in [0.29, 0.717) is 19.1 Å². The van der Waals surface area contributed by atoms with Crippen LogP contribution in [0.3, 0.4) is 0 Å². The molecular formula is C10H14BrClN2O. The van der Waals surface area contributed by atoms with Gasteiger partial charge in [-0.05, 0) is 28.1 Å². The minimum atomic E-state index is 0.550. The molecule has 0 aliphatic heterocycles. The van der Waals surface area contributed by atoms with Gasteiger partial charge in [-0.15, -0.1) is 11.6 Å². The second-order valence-electron chi connectivity index (χ2n) is 2.95. The molecule has 0 radical (unpaired) electrons. The van der Waals surface area contributed by atoms with Crippen molar-refractivity contribution in [1.82, 2.24) is 10.3 Å². The summed E-state index contributed by atoms with van der Waals surface area (Å²) in [6.07, 6.45) is 1.79. The number of halogens is 2.